The fourth-order valence-electron chi connectivity index (χ4n) is 2.33. The van der Waals surface area contributed by atoms with E-state index >= 15 is 0 Å². The smallest absolute Gasteiger partial charge is 0.255 e. The second kappa shape index (κ2) is 4.90. The molecule has 6 nitrogen and oxygen atoms in total. The first-order valence-electron chi connectivity index (χ1n) is 6.03. The largest absolute Gasteiger partial charge is 0.310 e. The highest BCUT2D eigenvalue weighted by Gasteiger charge is 2.24. The van der Waals surface area contributed by atoms with E-state index < -0.39 is 9.84 Å². The predicted molar refractivity (Wildman–Crippen MR) is 72.6 cm³/mol. The molecule has 7 heteroatoms. The van der Waals surface area contributed by atoms with Crippen LogP contribution in [0.1, 0.15) is 30.0 Å². The van der Waals surface area contributed by atoms with Gasteiger partial charge in [-0.3, -0.25) is 4.79 Å². The van der Waals surface area contributed by atoms with Crippen molar-refractivity contribution in [2.75, 3.05) is 5.75 Å². The van der Waals surface area contributed by atoms with Crippen LogP contribution in [0.4, 0.5) is 0 Å². The van der Waals surface area contributed by atoms with Gasteiger partial charge < -0.3 is 10.3 Å². The minimum Gasteiger partial charge on any atom is -0.310 e. The van der Waals surface area contributed by atoms with Crippen molar-refractivity contribution < 1.29 is 8.42 Å². The summed E-state index contributed by atoms with van der Waals surface area (Å²) in [5, 5.41) is 4.34. The number of aromatic nitrogens is 2. The van der Waals surface area contributed by atoms with E-state index in [0.717, 1.165) is 0 Å². The zero-order chi connectivity index (χ0) is 14.2. The lowest BCUT2D eigenvalue weighted by Crippen LogP contribution is -2.35. The van der Waals surface area contributed by atoms with Crippen LogP contribution < -0.4 is 10.9 Å². The molecule has 0 aliphatic carbocycles. The Bertz CT molecular complexity index is 676. The molecule has 0 saturated carbocycles. The van der Waals surface area contributed by atoms with Crippen molar-refractivity contribution in [3.8, 4) is 0 Å². The molecular formula is C12H17N3O3S. The van der Waals surface area contributed by atoms with E-state index in [1.807, 2.05) is 6.92 Å². The zero-order valence-electron chi connectivity index (χ0n) is 11.1. The Morgan fingerprint density at radius 1 is 1.47 bits per heavy atom. The predicted octanol–water partition coefficient (Wildman–Crippen LogP) is 0.348. The van der Waals surface area contributed by atoms with Crippen LogP contribution >= 0.6 is 0 Å². The Morgan fingerprint density at radius 3 is 2.68 bits per heavy atom. The van der Waals surface area contributed by atoms with E-state index in [1.54, 1.807) is 19.9 Å². The molecule has 0 spiro atoms. The molecular weight excluding hydrogens is 266 g/mol. The highest BCUT2D eigenvalue weighted by molar-refractivity contribution is 7.94. The number of nitrogens with zero attached hydrogens (tertiary/aromatic N) is 1. The Kier molecular flexibility index (Phi) is 3.60. The van der Waals surface area contributed by atoms with Crippen LogP contribution in [-0.2, 0) is 9.84 Å². The molecule has 2 N–H and O–H groups in total. The first-order chi connectivity index (χ1) is 8.78. The number of hydrogen-bond donors (Lipinski definition) is 2. The molecule has 0 fully saturated rings. The molecule has 19 heavy (non-hydrogen) atoms. The third-order valence-corrected chi connectivity index (χ3v) is 4.49. The fourth-order valence-corrected chi connectivity index (χ4v) is 3.58. The molecule has 1 aliphatic heterocycles. The number of aryl methyl sites for hydroxylation is 2. The van der Waals surface area contributed by atoms with Gasteiger partial charge in [0.05, 0.1) is 11.3 Å². The van der Waals surface area contributed by atoms with Gasteiger partial charge in [-0.15, -0.1) is 0 Å². The number of rotatable bonds is 3. The second-order valence-electron chi connectivity index (χ2n) is 4.80. The maximum atomic E-state index is 11.9. The van der Waals surface area contributed by atoms with Crippen molar-refractivity contribution in [3.63, 3.8) is 0 Å². The van der Waals surface area contributed by atoms with Crippen molar-refractivity contribution >= 4 is 9.84 Å². The zero-order valence-corrected chi connectivity index (χ0v) is 11.9. The number of H-pyrrole nitrogens is 1. The summed E-state index contributed by atoms with van der Waals surface area (Å²) < 4.78 is 22.7. The van der Waals surface area contributed by atoms with Gasteiger partial charge in [-0.1, -0.05) is 6.08 Å². The highest BCUT2D eigenvalue weighted by atomic mass is 32.2. The average molecular weight is 283 g/mol. The molecule has 0 saturated heterocycles. The second-order valence-corrected chi connectivity index (χ2v) is 6.73. The van der Waals surface area contributed by atoms with Crippen LogP contribution in [0.15, 0.2) is 16.3 Å². The molecule has 0 bridgehead atoms. The Labute approximate surface area is 111 Å². The van der Waals surface area contributed by atoms with Gasteiger partial charge in [-0.05, 0) is 20.8 Å². The summed E-state index contributed by atoms with van der Waals surface area (Å²) in [4.78, 5) is 18.8. The van der Waals surface area contributed by atoms with Gasteiger partial charge in [0, 0.05) is 23.2 Å². The first kappa shape index (κ1) is 14.0. The molecule has 0 aromatic carbocycles. The van der Waals surface area contributed by atoms with Crippen molar-refractivity contribution in [3.05, 3.63) is 38.9 Å². The van der Waals surface area contributed by atoms with Crippen molar-refractivity contribution in [2.24, 2.45) is 0 Å². The average Bonchev–Trinajstić information content (AvgIpc) is 2.56. The topological polar surface area (TPSA) is 91.9 Å². The number of aromatic amines is 1. The normalized spacial score (nSPS) is 22.6. The minimum absolute atomic E-state index is 0.0353. The lowest BCUT2D eigenvalue weighted by Gasteiger charge is -2.18. The minimum atomic E-state index is -3.09. The van der Waals surface area contributed by atoms with Gasteiger partial charge in [0.1, 0.15) is 5.82 Å². The maximum Gasteiger partial charge on any atom is 0.255 e. The molecule has 0 radical (unpaired) electrons. The van der Waals surface area contributed by atoms with E-state index in [0.29, 0.717) is 17.1 Å². The summed E-state index contributed by atoms with van der Waals surface area (Å²) in [6, 6.07) is -0.528. The molecule has 1 aromatic heterocycles. The summed E-state index contributed by atoms with van der Waals surface area (Å²) >= 11 is 0. The summed E-state index contributed by atoms with van der Waals surface area (Å²) in [7, 11) is -3.09. The van der Waals surface area contributed by atoms with Gasteiger partial charge in [0.2, 0.25) is 0 Å². The monoisotopic (exact) mass is 283 g/mol. The summed E-state index contributed by atoms with van der Waals surface area (Å²) in [5.41, 5.74) is 1.02. The number of nitrogens with one attached hydrogen (secondary N) is 2. The Hall–Kier alpha value is -1.47. The molecule has 1 aromatic rings. The lowest BCUT2D eigenvalue weighted by molar-refractivity contribution is 0.527. The number of sulfone groups is 1. The lowest BCUT2D eigenvalue weighted by atomic mass is 10.1. The summed E-state index contributed by atoms with van der Waals surface area (Å²) in [5.74, 6) is 0.606. The highest BCUT2D eigenvalue weighted by Crippen LogP contribution is 2.15. The van der Waals surface area contributed by atoms with Crippen molar-refractivity contribution in [1.29, 1.82) is 0 Å². The molecule has 2 rings (SSSR count). The summed E-state index contributed by atoms with van der Waals surface area (Å²) in [6.07, 6.45) is 1.61. The molecule has 2 unspecified atom stereocenters. The van der Waals surface area contributed by atoms with Crippen LogP contribution in [-0.4, -0.2) is 30.2 Å². The maximum absolute atomic E-state index is 11.9. The summed E-state index contributed by atoms with van der Waals surface area (Å²) in [6.45, 7) is 5.33. The Morgan fingerprint density at radius 2 is 2.16 bits per heavy atom. The van der Waals surface area contributed by atoms with E-state index in [4.69, 9.17) is 0 Å². The van der Waals surface area contributed by atoms with E-state index in [-0.39, 0.29) is 23.4 Å². The third kappa shape index (κ3) is 3.10. The van der Waals surface area contributed by atoms with Crippen molar-refractivity contribution in [2.45, 2.75) is 32.9 Å². The quantitative estimate of drug-likeness (QED) is 0.835. The first-order valence-corrected chi connectivity index (χ1v) is 7.74. The molecule has 0 amide bonds. The van der Waals surface area contributed by atoms with E-state index in [2.05, 4.69) is 15.3 Å². The van der Waals surface area contributed by atoms with Crippen LogP contribution in [0.5, 0.6) is 0 Å². The van der Waals surface area contributed by atoms with E-state index in [1.165, 1.54) is 5.41 Å². The standard InChI is InChI=1S/C12H17N3O3S/c1-7-11(12(16)15-9(3)13-7)8(2)14-10-4-5-19(17,18)6-10/h4-5,8,10,14H,6H2,1-3H3,(H,13,15,16). The number of hydrogen-bond acceptors (Lipinski definition) is 5. The Balaban J connectivity index is 2.20. The van der Waals surface area contributed by atoms with E-state index in [9.17, 15) is 13.2 Å². The van der Waals surface area contributed by atoms with Gasteiger partial charge in [0.25, 0.3) is 5.56 Å². The fraction of sp³-hybridized carbons (Fsp3) is 0.500. The van der Waals surface area contributed by atoms with Crippen LogP contribution in [0.2, 0.25) is 0 Å². The van der Waals surface area contributed by atoms with Gasteiger partial charge >= 0.3 is 0 Å². The molecule has 104 valence electrons. The third-order valence-electron chi connectivity index (χ3n) is 3.09. The van der Waals surface area contributed by atoms with Crippen molar-refractivity contribution in [1.82, 2.24) is 15.3 Å². The molecule has 2 atom stereocenters. The van der Waals surface area contributed by atoms with Crippen LogP contribution in [0, 0.1) is 13.8 Å². The van der Waals surface area contributed by atoms with Gasteiger partial charge in [-0.2, -0.15) is 0 Å². The van der Waals surface area contributed by atoms with Gasteiger partial charge in [0.15, 0.2) is 9.84 Å². The SMILES string of the molecule is Cc1nc(C)c(C(C)NC2C=CS(=O)(=O)C2)c(=O)[nH]1. The van der Waals surface area contributed by atoms with Crippen LogP contribution in [0.25, 0.3) is 0 Å². The van der Waals surface area contributed by atoms with Crippen LogP contribution in [0.3, 0.4) is 0 Å². The molecule has 2 heterocycles. The molecule has 1 aliphatic rings. The van der Waals surface area contributed by atoms with Gasteiger partial charge in [-0.25, -0.2) is 13.4 Å².